The Morgan fingerprint density at radius 2 is 2.07 bits per heavy atom. The van der Waals surface area contributed by atoms with E-state index >= 15 is 0 Å². The lowest BCUT2D eigenvalue weighted by Gasteiger charge is -2.38. The Morgan fingerprint density at radius 3 is 2.60 bits per heavy atom. The van der Waals surface area contributed by atoms with Crippen molar-refractivity contribution in [1.29, 1.82) is 0 Å². The first-order valence-corrected chi connectivity index (χ1v) is 5.54. The Labute approximate surface area is 92.1 Å². The topological polar surface area (TPSA) is 38.7 Å². The van der Waals surface area contributed by atoms with Crippen molar-refractivity contribution in [2.75, 3.05) is 6.61 Å². The summed E-state index contributed by atoms with van der Waals surface area (Å²) in [7, 11) is 0. The summed E-state index contributed by atoms with van der Waals surface area (Å²) in [5.74, 6) is 0.369. The second-order valence-electron chi connectivity index (χ2n) is 4.63. The summed E-state index contributed by atoms with van der Waals surface area (Å²) in [6, 6.07) is 0. The van der Waals surface area contributed by atoms with E-state index in [1.165, 1.54) is 0 Å². The SMILES string of the molecule is C=C(C)C(O)C(C)C1OC(C)OCC1C. The summed E-state index contributed by atoms with van der Waals surface area (Å²) < 4.78 is 11.1. The zero-order chi connectivity index (χ0) is 11.6. The highest BCUT2D eigenvalue weighted by Crippen LogP contribution is 2.28. The highest BCUT2D eigenvalue weighted by Gasteiger charge is 2.34. The zero-order valence-corrected chi connectivity index (χ0v) is 10.1. The molecule has 0 radical (unpaired) electrons. The molecule has 0 aromatic rings. The van der Waals surface area contributed by atoms with Crippen LogP contribution in [-0.2, 0) is 9.47 Å². The molecule has 0 spiro atoms. The van der Waals surface area contributed by atoms with Gasteiger partial charge in [0.1, 0.15) is 0 Å². The van der Waals surface area contributed by atoms with Gasteiger partial charge >= 0.3 is 0 Å². The molecule has 0 aromatic carbocycles. The molecule has 0 amide bonds. The number of ether oxygens (including phenoxy) is 2. The maximum absolute atomic E-state index is 9.93. The van der Waals surface area contributed by atoms with Crippen LogP contribution in [0.1, 0.15) is 27.7 Å². The first-order chi connectivity index (χ1) is 6.93. The van der Waals surface area contributed by atoms with E-state index in [1.807, 2.05) is 20.8 Å². The maximum atomic E-state index is 9.93. The molecule has 1 N–H and O–H groups in total. The van der Waals surface area contributed by atoms with Crippen molar-refractivity contribution in [3.8, 4) is 0 Å². The van der Waals surface area contributed by atoms with E-state index in [2.05, 4.69) is 13.5 Å². The average Bonchev–Trinajstić information content (AvgIpc) is 2.19. The molecule has 0 aromatic heterocycles. The van der Waals surface area contributed by atoms with E-state index in [-0.39, 0.29) is 18.3 Å². The summed E-state index contributed by atoms with van der Waals surface area (Å²) in [5.41, 5.74) is 0.789. The first-order valence-electron chi connectivity index (χ1n) is 5.54. The number of hydrogen-bond donors (Lipinski definition) is 1. The minimum absolute atomic E-state index is 0.0421. The summed E-state index contributed by atoms with van der Waals surface area (Å²) >= 11 is 0. The normalized spacial score (nSPS) is 35.9. The first kappa shape index (κ1) is 12.7. The Balaban J connectivity index is 2.63. The summed E-state index contributed by atoms with van der Waals surface area (Å²) in [6.45, 7) is 12.3. The molecule has 0 bridgehead atoms. The van der Waals surface area contributed by atoms with Gasteiger partial charge in [-0.3, -0.25) is 0 Å². The van der Waals surface area contributed by atoms with Crippen molar-refractivity contribution in [1.82, 2.24) is 0 Å². The third kappa shape index (κ3) is 3.03. The molecule has 1 aliphatic rings. The monoisotopic (exact) mass is 214 g/mol. The number of hydrogen-bond acceptors (Lipinski definition) is 3. The minimum atomic E-state index is -0.497. The third-order valence-electron chi connectivity index (χ3n) is 3.02. The standard InChI is InChI=1S/C12H22O3/c1-7(2)11(13)9(4)12-8(3)6-14-10(5)15-12/h8-13H,1,6H2,2-5H3. The molecule has 1 rings (SSSR count). The van der Waals surface area contributed by atoms with Crippen molar-refractivity contribution in [3.63, 3.8) is 0 Å². The molecule has 1 fully saturated rings. The Bertz CT molecular complexity index is 227. The molecule has 0 aliphatic carbocycles. The van der Waals surface area contributed by atoms with Crippen LogP contribution in [0.3, 0.4) is 0 Å². The molecule has 0 saturated carbocycles. The fourth-order valence-electron chi connectivity index (χ4n) is 2.05. The van der Waals surface area contributed by atoms with E-state index in [0.29, 0.717) is 12.5 Å². The quantitative estimate of drug-likeness (QED) is 0.730. The van der Waals surface area contributed by atoms with Crippen molar-refractivity contribution in [2.24, 2.45) is 11.8 Å². The molecule has 1 aliphatic heterocycles. The largest absolute Gasteiger partial charge is 0.388 e. The van der Waals surface area contributed by atoms with E-state index in [1.54, 1.807) is 0 Å². The number of aliphatic hydroxyl groups is 1. The van der Waals surface area contributed by atoms with Crippen LogP contribution in [0.4, 0.5) is 0 Å². The van der Waals surface area contributed by atoms with Gasteiger partial charge in [-0.25, -0.2) is 0 Å². The van der Waals surface area contributed by atoms with Gasteiger partial charge in [0.15, 0.2) is 6.29 Å². The van der Waals surface area contributed by atoms with Crippen LogP contribution in [0.25, 0.3) is 0 Å². The van der Waals surface area contributed by atoms with E-state index in [4.69, 9.17) is 9.47 Å². The fourth-order valence-corrected chi connectivity index (χ4v) is 2.05. The molecule has 1 heterocycles. The van der Waals surface area contributed by atoms with Crippen LogP contribution in [0, 0.1) is 11.8 Å². The van der Waals surface area contributed by atoms with Gasteiger partial charge < -0.3 is 14.6 Å². The van der Waals surface area contributed by atoms with Gasteiger partial charge in [-0.15, -0.1) is 0 Å². The summed E-state index contributed by atoms with van der Waals surface area (Å²) in [5, 5.41) is 9.93. The molecule has 3 heteroatoms. The van der Waals surface area contributed by atoms with Crippen LogP contribution in [0.5, 0.6) is 0 Å². The smallest absolute Gasteiger partial charge is 0.155 e. The highest BCUT2D eigenvalue weighted by atomic mass is 16.7. The summed E-state index contributed by atoms with van der Waals surface area (Å²) in [6.07, 6.45) is -0.630. The molecular weight excluding hydrogens is 192 g/mol. The Morgan fingerprint density at radius 1 is 1.47 bits per heavy atom. The molecule has 5 atom stereocenters. The van der Waals surface area contributed by atoms with Crippen molar-refractivity contribution in [3.05, 3.63) is 12.2 Å². The predicted molar refractivity (Wildman–Crippen MR) is 59.4 cm³/mol. The van der Waals surface area contributed by atoms with Gasteiger partial charge in [-0.05, 0) is 13.8 Å². The maximum Gasteiger partial charge on any atom is 0.155 e. The van der Waals surface area contributed by atoms with E-state index < -0.39 is 6.10 Å². The highest BCUT2D eigenvalue weighted by molar-refractivity contribution is 5.01. The van der Waals surface area contributed by atoms with Gasteiger partial charge in [-0.1, -0.05) is 26.0 Å². The molecular formula is C12H22O3. The van der Waals surface area contributed by atoms with E-state index in [0.717, 1.165) is 5.57 Å². The summed E-state index contributed by atoms with van der Waals surface area (Å²) in [4.78, 5) is 0. The van der Waals surface area contributed by atoms with Gasteiger partial charge in [0.05, 0.1) is 18.8 Å². The van der Waals surface area contributed by atoms with Crippen LogP contribution in [0.15, 0.2) is 12.2 Å². The molecule has 1 saturated heterocycles. The molecule has 88 valence electrons. The van der Waals surface area contributed by atoms with Gasteiger partial charge in [-0.2, -0.15) is 0 Å². The lowest BCUT2D eigenvalue weighted by atomic mass is 9.86. The van der Waals surface area contributed by atoms with Crippen LogP contribution >= 0.6 is 0 Å². The van der Waals surface area contributed by atoms with Crippen LogP contribution in [0.2, 0.25) is 0 Å². The number of aliphatic hydroxyl groups excluding tert-OH is 1. The zero-order valence-electron chi connectivity index (χ0n) is 10.1. The minimum Gasteiger partial charge on any atom is -0.388 e. The van der Waals surface area contributed by atoms with Crippen molar-refractivity contribution >= 4 is 0 Å². The van der Waals surface area contributed by atoms with E-state index in [9.17, 15) is 5.11 Å². The second-order valence-corrected chi connectivity index (χ2v) is 4.63. The average molecular weight is 214 g/mol. The fraction of sp³-hybridized carbons (Fsp3) is 0.833. The van der Waals surface area contributed by atoms with Gasteiger partial charge in [0.2, 0.25) is 0 Å². The molecule has 15 heavy (non-hydrogen) atoms. The Hall–Kier alpha value is -0.380. The lowest BCUT2D eigenvalue weighted by Crippen LogP contribution is -2.44. The van der Waals surface area contributed by atoms with Crippen molar-refractivity contribution in [2.45, 2.75) is 46.2 Å². The Kier molecular flexibility index (Phi) is 4.32. The third-order valence-corrected chi connectivity index (χ3v) is 3.02. The van der Waals surface area contributed by atoms with Crippen molar-refractivity contribution < 1.29 is 14.6 Å². The molecule has 3 nitrogen and oxygen atoms in total. The van der Waals surface area contributed by atoms with Crippen LogP contribution in [-0.4, -0.2) is 30.2 Å². The predicted octanol–water partition coefficient (Wildman–Crippen LogP) is 1.96. The van der Waals surface area contributed by atoms with Gasteiger partial charge in [0, 0.05) is 11.8 Å². The number of rotatable bonds is 3. The van der Waals surface area contributed by atoms with Crippen LogP contribution < -0.4 is 0 Å². The lowest BCUT2D eigenvalue weighted by molar-refractivity contribution is -0.241. The van der Waals surface area contributed by atoms with Gasteiger partial charge in [0.25, 0.3) is 0 Å². The second kappa shape index (κ2) is 5.10. The molecule has 5 unspecified atom stereocenters.